The molecule has 0 aliphatic carbocycles. The average Bonchev–Trinajstić information content (AvgIpc) is 2.91. The van der Waals surface area contributed by atoms with Gasteiger partial charge in [0.15, 0.2) is 0 Å². The normalized spacial score (nSPS) is 18.3. The smallest absolute Gasteiger partial charge is 0.250 e. The average molecular weight is 264 g/mol. The molecule has 1 heterocycles. The van der Waals surface area contributed by atoms with Crippen molar-refractivity contribution in [2.24, 2.45) is 0 Å². The van der Waals surface area contributed by atoms with Crippen LogP contribution in [-0.2, 0) is 14.3 Å². The molecule has 19 heavy (non-hydrogen) atoms. The molecule has 5 nitrogen and oxygen atoms in total. The molecule has 5 heteroatoms. The summed E-state index contributed by atoms with van der Waals surface area (Å²) in [7, 11) is 1.50. The number of ether oxygens (including phenoxy) is 2. The van der Waals surface area contributed by atoms with Gasteiger partial charge in [0.05, 0.1) is 6.10 Å². The first-order valence-electron chi connectivity index (χ1n) is 6.52. The van der Waals surface area contributed by atoms with Gasteiger partial charge in [-0.15, -0.1) is 0 Å². The number of anilines is 2. The van der Waals surface area contributed by atoms with Gasteiger partial charge in [0, 0.05) is 31.6 Å². The van der Waals surface area contributed by atoms with Crippen LogP contribution >= 0.6 is 0 Å². The van der Waals surface area contributed by atoms with E-state index in [0.29, 0.717) is 6.10 Å². The number of amides is 1. The van der Waals surface area contributed by atoms with Crippen LogP contribution < -0.4 is 10.6 Å². The molecule has 1 aromatic carbocycles. The summed E-state index contributed by atoms with van der Waals surface area (Å²) in [6.07, 6.45) is 2.59. The molecule has 0 saturated carbocycles. The first-order chi connectivity index (χ1) is 9.28. The van der Waals surface area contributed by atoms with Crippen molar-refractivity contribution >= 4 is 17.3 Å². The number of hydrogen-bond donors (Lipinski definition) is 2. The van der Waals surface area contributed by atoms with Crippen molar-refractivity contribution in [3.05, 3.63) is 24.3 Å². The minimum absolute atomic E-state index is 0.0685. The number of methoxy groups -OCH3 is 1. The van der Waals surface area contributed by atoms with E-state index in [1.807, 2.05) is 24.3 Å². The van der Waals surface area contributed by atoms with Gasteiger partial charge in [0.1, 0.15) is 6.61 Å². The van der Waals surface area contributed by atoms with Crippen LogP contribution in [0, 0.1) is 0 Å². The van der Waals surface area contributed by atoms with Crippen molar-refractivity contribution in [3.8, 4) is 0 Å². The molecule has 1 aromatic rings. The molecule has 0 radical (unpaired) electrons. The number of rotatable bonds is 6. The van der Waals surface area contributed by atoms with E-state index in [4.69, 9.17) is 9.47 Å². The van der Waals surface area contributed by atoms with Gasteiger partial charge in [0.2, 0.25) is 5.91 Å². The Morgan fingerprint density at radius 1 is 1.37 bits per heavy atom. The molecular weight excluding hydrogens is 244 g/mol. The van der Waals surface area contributed by atoms with Gasteiger partial charge >= 0.3 is 0 Å². The molecule has 0 spiro atoms. The first kappa shape index (κ1) is 13.8. The van der Waals surface area contributed by atoms with Crippen molar-refractivity contribution in [1.29, 1.82) is 0 Å². The molecule has 1 aliphatic rings. The van der Waals surface area contributed by atoms with Crippen molar-refractivity contribution < 1.29 is 14.3 Å². The summed E-state index contributed by atoms with van der Waals surface area (Å²) >= 11 is 0. The van der Waals surface area contributed by atoms with Gasteiger partial charge in [-0.25, -0.2) is 0 Å². The maximum atomic E-state index is 11.3. The zero-order valence-corrected chi connectivity index (χ0v) is 11.1. The molecule has 0 aromatic heterocycles. The van der Waals surface area contributed by atoms with E-state index in [0.717, 1.165) is 37.4 Å². The molecule has 1 aliphatic heterocycles. The minimum Gasteiger partial charge on any atom is -0.382 e. The summed E-state index contributed by atoms with van der Waals surface area (Å²) in [5, 5.41) is 6.08. The summed E-state index contributed by atoms with van der Waals surface area (Å²) in [6, 6.07) is 7.62. The Balaban J connectivity index is 1.78. The predicted octanol–water partition coefficient (Wildman–Crippen LogP) is 1.86. The third-order valence-electron chi connectivity index (χ3n) is 3.00. The highest BCUT2D eigenvalue weighted by Gasteiger charge is 2.14. The topological polar surface area (TPSA) is 59.6 Å². The zero-order valence-electron chi connectivity index (χ0n) is 11.1. The molecule has 1 amide bonds. The third-order valence-corrected chi connectivity index (χ3v) is 3.00. The highest BCUT2D eigenvalue weighted by molar-refractivity contribution is 5.91. The van der Waals surface area contributed by atoms with Crippen molar-refractivity contribution in [2.45, 2.75) is 18.9 Å². The second-order valence-electron chi connectivity index (χ2n) is 4.57. The molecule has 0 bridgehead atoms. The molecular formula is C14H20N2O3. The molecule has 104 valence electrons. The van der Waals surface area contributed by atoms with Gasteiger partial charge < -0.3 is 20.1 Å². The number of nitrogens with one attached hydrogen (secondary N) is 2. The molecule has 2 N–H and O–H groups in total. The van der Waals surface area contributed by atoms with Gasteiger partial charge in [-0.05, 0) is 37.1 Å². The van der Waals surface area contributed by atoms with Crippen LogP contribution in [0.25, 0.3) is 0 Å². The maximum absolute atomic E-state index is 11.3. The van der Waals surface area contributed by atoms with E-state index in [1.54, 1.807) is 0 Å². The van der Waals surface area contributed by atoms with Gasteiger partial charge in [-0.3, -0.25) is 4.79 Å². The number of benzene rings is 1. The fourth-order valence-electron chi connectivity index (χ4n) is 2.04. The second-order valence-corrected chi connectivity index (χ2v) is 4.57. The third kappa shape index (κ3) is 4.54. The Labute approximate surface area is 113 Å². The Hall–Kier alpha value is -1.59. The number of hydrogen-bond acceptors (Lipinski definition) is 4. The SMILES string of the molecule is COCC(=O)Nc1ccc(NCC2CCCO2)cc1. The summed E-state index contributed by atoms with van der Waals surface area (Å²) in [5.74, 6) is -0.150. The predicted molar refractivity (Wildman–Crippen MR) is 74.4 cm³/mol. The van der Waals surface area contributed by atoms with Crippen molar-refractivity contribution in [1.82, 2.24) is 0 Å². The van der Waals surface area contributed by atoms with E-state index in [-0.39, 0.29) is 12.5 Å². The first-order valence-corrected chi connectivity index (χ1v) is 6.52. The molecule has 1 saturated heterocycles. The Kier molecular flexibility index (Phi) is 5.18. The van der Waals surface area contributed by atoms with Gasteiger partial charge in [0.25, 0.3) is 0 Å². The highest BCUT2D eigenvalue weighted by atomic mass is 16.5. The summed E-state index contributed by atoms with van der Waals surface area (Å²) < 4.78 is 10.3. The number of carbonyl (C=O) groups is 1. The lowest BCUT2D eigenvalue weighted by Crippen LogP contribution is -2.18. The van der Waals surface area contributed by atoms with E-state index in [2.05, 4.69) is 10.6 Å². The monoisotopic (exact) mass is 264 g/mol. The van der Waals surface area contributed by atoms with Crippen molar-refractivity contribution in [3.63, 3.8) is 0 Å². The van der Waals surface area contributed by atoms with E-state index in [9.17, 15) is 4.79 Å². The van der Waals surface area contributed by atoms with Crippen LogP contribution in [0.4, 0.5) is 11.4 Å². The molecule has 2 rings (SSSR count). The van der Waals surface area contributed by atoms with Gasteiger partial charge in [-0.2, -0.15) is 0 Å². The Morgan fingerprint density at radius 2 is 2.11 bits per heavy atom. The van der Waals surface area contributed by atoms with E-state index in [1.165, 1.54) is 7.11 Å². The standard InChI is InChI=1S/C14H20N2O3/c1-18-10-14(17)16-12-6-4-11(5-7-12)15-9-13-3-2-8-19-13/h4-7,13,15H,2-3,8-10H2,1H3,(H,16,17). The lowest BCUT2D eigenvalue weighted by molar-refractivity contribution is -0.119. The fraction of sp³-hybridized carbons (Fsp3) is 0.500. The summed E-state index contributed by atoms with van der Waals surface area (Å²) in [6.45, 7) is 1.77. The van der Waals surface area contributed by atoms with Gasteiger partial charge in [-0.1, -0.05) is 0 Å². The molecule has 1 atom stereocenters. The van der Waals surface area contributed by atoms with Crippen LogP contribution in [0.3, 0.4) is 0 Å². The molecule has 1 unspecified atom stereocenters. The van der Waals surface area contributed by atoms with Crippen LogP contribution in [0.5, 0.6) is 0 Å². The van der Waals surface area contributed by atoms with E-state index >= 15 is 0 Å². The van der Waals surface area contributed by atoms with E-state index < -0.39 is 0 Å². The Bertz CT molecular complexity index is 400. The highest BCUT2D eigenvalue weighted by Crippen LogP contribution is 2.16. The Morgan fingerprint density at radius 3 is 2.74 bits per heavy atom. The summed E-state index contributed by atoms with van der Waals surface area (Å²) in [5.41, 5.74) is 1.80. The lowest BCUT2D eigenvalue weighted by atomic mass is 10.2. The number of carbonyl (C=O) groups excluding carboxylic acids is 1. The maximum Gasteiger partial charge on any atom is 0.250 e. The van der Waals surface area contributed by atoms with Crippen LogP contribution in [0.1, 0.15) is 12.8 Å². The lowest BCUT2D eigenvalue weighted by Gasteiger charge is -2.12. The van der Waals surface area contributed by atoms with Crippen LogP contribution in [0.2, 0.25) is 0 Å². The van der Waals surface area contributed by atoms with Crippen LogP contribution in [0.15, 0.2) is 24.3 Å². The summed E-state index contributed by atoms with van der Waals surface area (Å²) in [4.78, 5) is 11.3. The second kappa shape index (κ2) is 7.11. The fourth-order valence-corrected chi connectivity index (χ4v) is 2.04. The molecule has 1 fully saturated rings. The minimum atomic E-state index is -0.150. The quantitative estimate of drug-likeness (QED) is 0.823. The van der Waals surface area contributed by atoms with Crippen molar-refractivity contribution in [2.75, 3.05) is 37.5 Å². The largest absolute Gasteiger partial charge is 0.382 e. The zero-order chi connectivity index (χ0) is 13.5. The van der Waals surface area contributed by atoms with Crippen LogP contribution in [-0.4, -0.2) is 38.9 Å².